The van der Waals surface area contributed by atoms with Crippen molar-refractivity contribution in [1.82, 2.24) is 4.57 Å². The largest absolute Gasteiger partial charge is 0.314 e. The number of hydrogen-bond acceptors (Lipinski definition) is 0. The van der Waals surface area contributed by atoms with Crippen LogP contribution >= 0.6 is 0 Å². The lowest BCUT2D eigenvalue weighted by Gasteiger charge is -2.23. The van der Waals surface area contributed by atoms with E-state index in [1.165, 1.54) is 105 Å². The third-order valence-corrected chi connectivity index (χ3v) is 11.6. The van der Waals surface area contributed by atoms with Crippen molar-refractivity contribution in [3.05, 3.63) is 174 Å². The lowest BCUT2D eigenvalue weighted by atomic mass is 9.81. The second-order valence-electron chi connectivity index (χ2n) is 14.7. The van der Waals surface area contributed by atoms with E-state index in [-0.39, 0.29) is 5.41 Å². The van der Waals surface area contributed by atoms with Gasteiger partial charge in [-0.25, -0.2) is 0 Å². The maximum Gasteiger partial charge on any atom is 0.0540 e. The molecule has 0 atom stereocenters. The Morgan fingerprint density at radius 2 is 0.900 bits per heavy atom. The predicted molar refractivity (Wildman–Crippen MR) is 214 cm³/mol. The Kier molecular flexibility index (Phi) is 6.12. The van der Waals surface area contributed by atoms with Gasteiger partial charge in [0.1, 0.15) is 0 Å². The van der Waals surface area contributed by atoms with Gasteiger partial charge < -0.3 is 4.57 Å². The number of benzene rings is 8. The van der Waals surface area contributed by atoms with Crippen LogP contribution in [-0.4, -0.2) is 4.57 Å². The lowest BCUT2D eigenvalue weighted by molar-refractivity contribution is 0.660. The molecule has 1 aliphatic rings. The molecule has 50 heavy (non-hydrogen) atoms. The molecule has 1 aliphatic carbocycles. The third-order valence-electron chi connectivity index (χ3n) is 11.6. The van der Waals surface area contributed by atoms with Gasteiger partial charge in [0.25, 0.3) is 0 Å². The van der Waals surface area contributed by atoms with E-state index in [2.05, 4.69) is 184 Å². The maximum absolute atomic E-state index is 2.47. The smallest absolute Gasteiger partial charge is 0.0540 e. The van der Waals surface area contributed by atoms with E-state index in [0.717, 1.165) is 0 Å². The second-order valence-corrected chi connectivity index (χ2v) is 14.7. The molecular formula is C49H37N. The molecule has 0 bridgehead atoms. The van der Waals surface area contributed by atoms with Gasteiger partial charge in [-0.1, -0.05) is 117 Å². The van der Waals surface area contributed by atoms with Crippen molar-refractivity contribution in [3.63, 3.8) is 0 Å². The van der Waals surface area contributed by atoms with Crippen LogP contribution in [0.25, 0.3) is 82.3 Å². The summed E-state index contributed by atoms with van der Waals surface area (Å²) in [6.07, 6.45) is 0. The summed E-state index contributed by atoms with van der Waals surface area (Å²) < 4.78 is 2.47. The molecule has 1 aromatic heterocycles. The van der Waals surface area contributed by atoms with Crippen molar-refractivity contribution in [2.75, 3.05) is 0 Å². The molecule has 0 N–H and O–H groups in total. The first kappa shape index (κ1) is 29.0. The van der Waals surface area contributed by atoms with Crippen LogP contribution in [0.1, 0.15) is 36.2 Å². The van der Waals surface area contributed by atoms with E-state index in [1.807, 2.05) is 0 Å². The molecule has 1 nitrogen and oxygen atoms in total. The monoisotopic (exact) mass is 639 g/mol. The standard InChI is InChI=1S/C49H37N/c1-30-31(2)50(48-28-40-18-17-38(25-41(40)26-45(30)48)36-15-13-32-9-5-7-11-34(32)23-36)42-20-22-44-43-21-19-39(27-46(43)49(3,4)47(44)29-42)37-16-14-33-10-6-8-12-35(33)24-37/h5-29H,1-4H3. The highest BCUT2D eigenvalue weighted by molar-refractivity contribution is 6.02. The van der Waals surface area contributed by atoms with Gasteiger partial charge in [-0.3, -0.25) is 0 Å². The minimum atomic E-state index is -0.120. The Balaban J connectivity index is 1.05. The van der Waals surface area contributed by atoms with Gasteiger partial charge in [-0.05, 0) is 145 Å². The van der Waals surface area contributed by atoms with Crippen molar-refractivity contribution in [2.24, 2.45) is 0 Å². The normalized spacial score (nSPS) is 13.4. The number of hydrogen-bond donors (Lipinski definition) is 0. The van der Waals surface area contributed by atoms with Crippen LogP contribution in [0, 0.1) is 13.8 Å². The van der Waals surface area contributed by atoms with Gasteiger partial charge in [0, 0.05) is 22.2 Å². The van der Waals surface area contributed by atoms with Crippen LogP contribution in [-0.2, 0) is 5.41 Å². The maximum atomic E-state index is 2.47. The molecule has 1 heterocycles. The van der Waals surface area contributed by atoms with E-state index in [9.17, 15) is 0 Å². The fourth-order valence-electron chi connectivity index (χ4n) is 8.61. The topological polar surface area (TPSA) is 4.93 Å². The van der Waals surface area contributed by atoms with Gasteiger partial charge in [0.2, 0.25) is 0 Å². The Hall–Kier alpha value is -5.92. The summed E-state index contributed by atoms with van der Waals surface area (Å²) in [7, 11) is 0. The minimum Gasteiger partial charge on any atom is -0.314 e. The molecule has 0 saturated heterocycles. The van der Waals surface area contributed by atoms with E-state index in [0.29, 0.717) is 0 Å². The van der Waals surface area contributed by atoms with Crippen LogP contribution < -0.4 is 0 Å². The van der Waals surface area contributed by atoms with E-state index < -0.39 is 0 Å². The average Bonchev–Trinajstić information content (AvgIpc) is 3.53. The Morgan fingerprint density at radius 1 is 0.420 bits per heavy atom. The molecular weight excluding hydrogens is 603 g/mol. The highest BCUT2D eigenvalue weighted by Gasteiger charge is 2.36. The van der Waals surface area contributed by atoms with E-state index in [1.54, 1.807) is 0 Å². The molecule has 0 unspecified atom stereocenters. The fourth-order valence-corrected chi connectivity index (χ4v) is 8.61. The molecule has 238 valence electrons. The number of aryl methyl sites for hydroxylation is 1. The summed E-state index contributed by atoms with van der Waals surface area (Å²) in [5.74, 6) is 0. The SMILES string of the molecule is Cc1c(C)n(-c2ccc3c(c2)C(C)(C)c2cc(-c4ccc5ccccc5c4)ccc2-3)c2cc3ccc(-c4ccc5ccccc5c4)cc3cc12. The predicted octanol–water partition coefficient (Wildman–Crippen LogP) is 13.3. The van der Waals surface area contributed by atoms with Gasteiger partial charge in [0.05, 0.1) is 5.52 Å². The van der Waals surface area contributed by atoms with Crippen molar-refractivity contribution < 1.29 is 0 Å². The molecule has 0 saturated carbocycles. The zero-order valence-corrected chi connectivity index (χ0v) is 28.9. The molecule has 0 fully saturated rings. The molecule has 0 radical (unpaired) electrons. The van der Waals surface area contributed by atoms with Gasteiger partial charge in [-0.2, -0.15) is 0 Å². The number of aromatic nitrogens is 1. The summed E-state index contributed by atoms with van der Waals surface area (Å²) >= 11 is 0. The van der Waals surface area contributed by atoms with Crippen molar-refractivity contribution in [1.29, 1.82) is 0 Å². The van der Waals surface area contributed by atoms with Crippen molar-refractivity contribution in [3.8, 4) is 39.1 Å². The van der Waals surface area contributed by atoms with Crippen LogP contribution in [0.2, 0.25) is 0 Å². The van der Waals surface area contributed by atoms with E-state index in [4.69, 9.17) is 0 Å². The first-order chi connectivity index (χ1) is 24.3. The summed E-state index contributed by atoms with van der Waals surface area (Å²) in [4.78, 5) is 0. The number of rotatable bonds is 3. The Morgan fingerprint density at radius 3 is 1.54 bits per heavy atom. The van der Waals surface area contributed by atoms with Gasteiger partial charge in [-0.15, -0.1) is 0 Å². The van der Waals surface area contributed by atoms with Crippen LogP contribution in [0.4, 0.5) is 0 Å². The first-order valence-corrected chi connectivity index (χ1v) is 17.7. The lowest BCUT2D eigenvalue weighted by Crippen LogP contribution is -2.15. The molecule has 10 rings (SSSR count). The zero-order chi connectivity index (χ0) is 33.7. The van der Waals surface area contributed by atoms with Gasteiger partial charge in [0.15, 0.2) is 0 Å². The Bertz CT molecular complexity index is 2860. The summed E-state index contributed by atoms with van der Waals surface area (Å²) in [6.45, 7) is 9.31. The first-order valence-electron chi connectivity index (χ1n) is 17.7. The van der Waals surface area contributed by atoms with Crippen LogP contribution in [0.5, 0.6) is 0 Å². The van der Waals surface area contributed by atoms with Crippen LogP contribution in [0.15, 0.2) is 152 Å². The fraction of sp³-hybridized carbons (Fsp3) is 0.102. The van der Waals surface area contributed by atoms with Crippen LogP contribution in [0.3, 0.4) is 0 Å². The Labute approximate surface area is 293 Å². The zero-order valence-electron chi connectivity index (χ0n) is 28.9. The molecule has 0 amide bonds. The van der Waals surface area contributed by atoms with Crippen molar-refractivity contribution >= 4 is 43.2 Å². The number of fused-ring (bicyclic) bond motifs is 7. The average molecular weight is 640 g/mol. The second kappa shape index (κ2) is 10.5. The summed E-state index contributed by atoms with van der Waals surface area (Å²) in [5.41, 5.74) is 15.5. The highest BCUT2D eigenvalue weighted by Crippen LogP contribution is 2.50. The third kappa shape index (κ3) is 4.26. The number of nitrogens with zero attached hydrogens (tertiary/aromatic N) is 1. The molecule has 0 spiro atoms. The summed E-state index contributed by atoms with van der Waals surface area (Å²) in [6, 6.07) is 56.7. The molecule has 0 aliphatic heterocycles. The van der Waals surface area contributed by atoms with E-state index >= 15 is 0 Å². The minimum absolute atomic E-state index is 0.120. The van der Waals surface area contributed by atoms with Gasteiger partial charge >= 0.3 is 0 Å². The molecule has 8 aromatic carbocycles. The molecule has 1 heteroatoms. The highest BCUT2D eigenvalue weighted by atomic mass is 15.0. The summed E-state index contributed by atoms with van der Waals surface area (Å²) in [5, 5.41) is 8.95. The molecule has 9 aromatic rings. The van der Waals surface area contributed by atoms with Crippen molar-refractivity contribution in [2.45, 2.75) is 33.1 Å². The quantitative estimate of drug-likeness (QED) is 0.181.